The predicted molar refractivity (Wildman–Crippen MR) is 129 cm³/mol. The van der Waals surface area contributed by atoms with Crippen LogP contribution in [0.2, 0.25) is 0 Å². The molecule has 0 bridgehead atoms. The second kappa shape index (κ2) is 8.37. The maximum atomic E-state index is 12.2. The molecule has 0 spiro atoms. The Kier molecular flexibility index (Phi) is 5.16. The number of hydrogen-bond acceptors (Lipinski definition) is 7. The lowest BCUT2D eigenvalue weighted by Crippen LogP contribution is -2.19. The van der Waals surface area contributed by atoms with Gasteiger partial charge in [0.2, 0.25) is 5.91 Å². The highest BCUT2D eigenvalue weighted by molar-refractivity contribution is 5.99. The number of aromatic nitrogens is 4. The van der Waals surface area contributed by atoms with Crippen molar-refractivity contribution in [2.45, 2.75) is 38.1 Å². The number of carbonyl (C=O) groups is 2. The van der Waals surface area contributed by atoms with E-state index in [2.05, 4.69) is 36.8 Å². The number of nitrogens with zero attached hydrogens (tertiary/aromatic N) is 4. The summed E-state index contributed by atoms with van der Waals surface area (Å²) in [4.78, 5) is 24.2. The number of benzene rings is 1. The average molecular weight is 474 g/mol. The topological polar surface area (TPSA) is 137 Å². The molecule has 180 valence electrons. The van der Waals surface area contributed by atoms with Crippen LogP contribution in [-0.2, 0) is 4.79 Å². The normalized spacial score (nSPS) is 22.4. The summed E-state index contributed by atoms with van der Waals surface area (Å²) in [6.07, 6.45) is 9.45. The largest absolute Gasteiger partial charge is 0.494 e. The van der Waals surface area contributed by atoms with Crippen LogP contribution in [0.15, 0.2) is 36.7 Å². The van der Waals surface area contributed by atoms with Crippen LogP contribution in [0.1, 0.15) is 48.6 Å². The van der Waals surface area contributed by atoms with Crippen LogP contribution in [0.25, 0.3) is 11.1 Å². The van der Waals surface area contributed by atoms with Gasteiger partial charge < -0.3 is 21.1 Å². The molecule has 3 saturated carbocycles. The van der Waals surface area contributed by atoms with Gasteiger partial charge in [-0.1, -0.05) is 12.1 Å². The number of fused-ring (bicyclic) bond motifs is 1. The van der Waals surface area contributed by atoms with Crippen molar-refractivity contribution in [1.82, 2.24) is 20.0 Å². The number of carbonyl (C=O) groups excluding carboxylic acids is 2. The molecule has 3 fully saturated rings. The third-order valence-electron chi connectivity index (χ3n) is 7.22. The minimum absolute atomic E-state index is 0.0109. The summed E-state index contributed by atoms with van der Waals surface area (Å²) in [5.74, 6) is 1.78. The number of rotatable bonds is 8. The molecule has 0 aliphatic heterocycles. The molecule has 3 aliphatic rings. The van der Waals surface area contributed by atoms with E-state index in [1.165, 1.54) is 19.3 Å². The molecule has 2 aromatic heterocycles. The molecule has 0 radical (unpaired) electrons. The molecule has 4 N–H and O–H groups in total. The van der Waals surface area contributed by atoms with E-state index in [-0.39, 0.29) is 23.3 Å². The molecule has 2 heterocycles. The van der Waals surface area contributed by atoms with Gasteiger partial charge in [0.05, 0.1) is 30.7 Å². The van der Waals surface area contributed by atoms with Crippen molar-refractivity contribution in [3.8, 4) is 16.9 Å². The summed E-state index contributed by atoms with van der Waals surface area (Å²) in [6.45, 7) is 0. The number of nitrogens with two attached hydrogens (primary N) is 1. The van der Waals surface area contributed by atoms with Gasteiger partial charge in [-0.25, -0.2) is 0 Å². The number of hydrogen-bond donors (Lipinski definition) is 3. The van der Waals surface area contributed by atoms with Crippen LogP contribution >= 0.6 is 0 Å². The number of primary amides is 1. The fourth-order valence-electron chi connectivity index (χ4n) is 5.11. The molecule has 35 heavy (non-hydrogen) atoms. The predicted octanol–water partition coefficient (Wildman–Crippen LogP) is 3.51. The zero-order valence-corrected chi connectivity index (χ0v) is 19.4. The number of methoxy groups -OCH3 is 1. The first kappa shape index (κ1) is 21.6. The van der Waals surface area contributed by atoms with Gasteiger partial charge in [0.25, 0.3) is 5.91 Å². The monoisotopic (exact) mass is 473 g/mol. The van der Waals surface area contributed by atoms with Gasteiger partial charge in [-0.3, -0.25) is 14.3 Å². The standard InChI is InChI=1S/C25H27N7O3/c1-35-23-18(16-11-27-32(12-16)17-8-14-7-15(14)9-17)3-2-4-19(23)28-20-10-21(29-25(34)13-5-6-13)30-31-22(20)24(26)33/h2-4,10-15,17H,5-9H2,1H3,(H2,26,33)(H2,28,29,30,34)/t14-,15+,17+. The highest BCUT2D eigenvalue weighted by atomic mass is 16.5. The fraction of sp³-hybridized carbons (Fsp3) is 0.400. The molecule has 1 aromatic carbocycles. The minimum atomic E-state index is -0.730. The van der Waals surface area contributed by atoms with E-state index >= 15 is 0 Å². The van der Waals surface area contributed by atoms with Crippen molar-refractivity contribution >= 4 is 29.0 Å². The van der Waals surface area contributed by atoms with Crippen molar-refractivity contribution in [2.24, 2.45) is 23.5 Å². The number of amides is 2. The van der Waals surface area contributed by atoms with Crippen molar-refractivity contribution < 1.29 is 14.3 Å². The number of ether oxygens (including phenoxy) is 1. The van der Waals surface area contributed by atoms with Crippen molar-refractivity contribution in [1.29, 1.82) is 0 Å². The number of para-hydroxylation sites is 1. The summed E-state index contributed by atoms with van der Waals surface area (Å²) in [5.41, 5.74) is 8.27. The van der Waals surface area contributed by atoms with Crippen LogP contribution in [0, 0.1) is 17.8 Å². The third-order valence-corrected chi connectivity index (χ3v) is 7.22. The van der Waals surface area contributed by atoms with Gasteiger partial charge in [0.15, 0.2) is 11.5 Å². The Morgan fingerprint density at radius 1 is 1.11 bits per heavy atom. The first-order valence-electron chi connectivity index (χ1n) is 12.0. The zero-order chi connectivity index (χ0) is 24.1. The molecule has 10 nitrogen and oxygen atoms in total. The molecule has 3 aliphatic carbocycles. The first-order valence-corrected chi connectivity index (χ1v) is 12.0. The van der Waals surface area contributed by atoms with Gasteiger partial charge in [0.1, 0.15) is 5.75 Å². The van der Waals surface area contributed by atoms with Gasteiger partial charge in [-0.2, -0.15) is 5.10 Å². The molecule has 6 rings (SSSR count). The molecular weight excluding hydrogens is 446 g/mol. The van der Waals surface area contributed by atoms with E-state index in [9.17, 15) is 9.59 Å². The van der Waals surface area contributed by atoms with Crippen LogP contribution in [0.4, 0.5) is 17.2 Å². The Morgan fingerprint density at radius 3 is 2.63 bits per heavy atom. The lowest BCUT2D eigenvalue weighted by atomic mass is 10.1. The van der Waals surface area contributed by atoms with Crippen LogP contribution < -0.4 is 21.1 Å². The summed E-state index contributed by atoms with van der Waals surface area (Å²) in [5, 5.41) is 18.5. The molecule has 0 unspecified atom stereocenters. The van der Waals surface area contributed by atoms with Crippen molar-refractivity contribution in [2.75, 3.05) is 17.7 Å². The lowest BCUT2D eigenvalue weighted by molar-refractivity contribution is -0.117. The van der Waals surface area contributed by atoms with Gasteiger partial charge >= 0.3 is 0 Å². The molecular formula is C25H27N7O3. The Bertz CT molecular complexity index is 1310. The molecule has 2 amide bonds. The zero-order valence-electron chi connectivity index (χ0n) is 19.4. The molecule has 3 atom stereocenters. The maximum absolute atomic E-state index is 12.2. The van der Waals surface area contributed by atoms with Crippen LogP contribution in [-0.4, -0.2) is 38.9 Å². The fourth-order valence-corrected chi connectivity index (χ4v) is 5.11. The SMILES string of the molecule is COc1c(Nc2cc(NC(=O)C3CC3)nnc2C(N)=O)cccc1-c1cnn([C@H]2C[C@H]3C[C@H]3C2)c1. The Balaban J connectivity index is 1.29. The van der Waals surface area contributed by atoms with E-state index in [1.807, 2.05) is 24.4 Å². The summed E-state index contributed by atoms with van der Waals surface area (Å²) >= 11 is 0. The van der Waals surface area contributed by atoms with Gasteiger partial charge in [0, 0.05) is 29.3 Å². The van der Waals surface area contributed by atoms with Crippen LogP contribution in [0.5, 0.6) is 5.75 Å². The smallest absolute Gasteiger partial charge is 0.271 e. The van der Waals surface area contributed by atoms with E-state index in [0.29, 0.717) is 23.2 Å². The molecule has 3 aromatic rings. The number of anilines is 3. The second-order valence-corrected chi connectivity index (χ2v) is 9.72. The van der Waals surface area contributed by atoms with Crippen molar-refractivity contribution in [3.05, 3.63) is 42.4 Å². The van der Waals surface area contributed by atoms with E-state index < -0.39 is 5.91 Å². The van der Waals surface area contributed by atoms with Crippen molar-refractivity contribution in [3.63, 3.8) is 0 Å². The number of nitrogens with one attached hydrogen (secondary N) is 2. The van der Waals surface area contributed by atoms with Crippen LogP contribution in [0.3, 0.4) is 0 Å². The maximum Gasteiger partial charge on any atom is 0.271 e. The Labute approximate surface area is 202 Å². The quantitative estimate of drug-likeness (QED) is 0.455. The summed E-state index contributed by atoms with van der Waals surface area (Å²) in [7, 11) is 1.60. The third kappa shape index (κ3) is 4.20. The average Bonchev–Trinajstić information content (AvgIpc) is 3.74. The second-order valence-electron chi connectivity index (χ2n) is 9.72. The highest BCUT2D eigenvalue weighted by Gasteiger charge is 2.46. The van der Waals surface area contributed by atoms with Gasteiger partial charge in [-0.15, -0.1) is 10.2 Å². The summed E-state index contributed by atoms with van der Waals surface area (Å²) in [6, 6.07) is 7.73. The van der Waals surface area contributed by atoms with Gasteiger partial charge in [-0.05, 0) is 50.0 Å². The van der Waals surface area contributed by atoms with E-state index in [1.54, 1.807) is 13.2 Å². The Morgan fingerprint density at radius 2 is 1.91 bits per heavy atom. The lowest BCUT2D eigenvalue weighted by Gasteiger charge is -2.16. The molecule has 0 saturated heterocycles. The molecule has 10 heteroatoms. The van der Waals surface area contributed by atoms with E-state index in [4.69, 9.17) is 10.5 Å². The highest BCUT2D eigenvalue weighted by Crippen LogP contribution is 2.56. The summed E-state index contributed by atoms with van der Waals surface area (Å²) < 4.78 is 7.85. The minimum Gasteiger partial charge on any atom is -0.494 e. The first-order chi connectivity index (χ1) is 17.0. The van der Waals surface area contributed by atoms with E-state index in [0.717, 1.165) is 35.8 Å². The Hall–Kier alpha value is -3.95.